The number of anilines is 1. The predicted molar refractivity (Wildman–Crippen MR) is 78.0 cm³/mol. The smallest absolute Gasteiger partial charge is 0.128 e. The van der Waals surface area contributed by atoms with Crippen molar-refractivity contribution < 1.29 is 8.78 Å². The Hall–Kier alpha value is -1.94. The molecule has 0 aliphatic heterocycles. The molecule has 2 aromatic carbocycles. The summed E-state index contributed by atoms with van der Waals surface area (Å²) in [6.45, 7) is 0. The number of nitrogens with zero attached hydrogens (tertiary/aromatic N) is 1. The van der Waals surface area contributed by atoms with E-state index < -0.39 is 11.6 Å². The monoisotopic (exact) mass is 276 g/mol. The van der Waals surface area contributed by atoms with Gasteiger partial charge >= 0.3 is 0 Å². The summed E-state index contributed by atoms with van der Waals surface area (Å²) in [6, 6.07) is 10.9. The Morgan fingerprint density at radius 1 is 1.00 bits per heavy atom. The average Bonchev–Trinajstić information content (AvgIpc) is 2.44. The highest BCUT2D eigenvalue weighted by Gasteiger charge is 2.17. The maximum Gasteiger partial charge on any atom is 0.128 e. The topological polar surface area (TPSA) is 15.3 Å². The molecule has 0 aliphatic carbocycles. The first-order chi connectivity index (χ1) is 9.52. The second-order valence-electron chi connectivity index (χ2n) is 4.87. The van der Waals surface area contributed by atoms with Gasteiger partial charge in [0.2, 0.25) is 0 Å². The van der Waals surface area contributed by atoms with Gasteiger partial charge in [-0.1, -0.05) is 12.1 Å². The Balaban J connectivity index is 2.39. The molecule has 0 spiro atoms. The first-order valence-electron chi connectivity index (χ1n) is 6.42. The number of hydrogen-bond donors (Lipinski definition) is 1. The van der Waals surface area contributed by atoms with E-state index in [0.717, 1.165) is 23.4 Å². The zero-order chi connectivity index (χ0) is 14.7. The van der Waals surface area contributed by atoms with Crippen molar-refractivity contribution in [1.29, 1.82) is 0 Å². The van der Waals surface area contributed by atoms with Gasteiger partial charge in [-0.3, -0.25) is 0 Å². The van der Waals surface area contributed by atoms with Crippen molar-refractivity contribution in [3.63, 3.8) is 0 Å². The summed E-state index contributed by atoms with van der Waals surface area (Å²) in [5.74, 6) is -0.853. The molecule has 1 unspecified atom stereocenters. The lowest BCUT2D eigenvalue weighted by atomic mass is 9.98. The van der Waals surface area contributed by atoms with Crippen LogP contribution in [0.15, 0.2) is 42.5 Å². The summed E-state index contributed by atoms with van der Waals surface area (Å²) in [5, 5.41) is 3.03. The highest BCUT2D eigenvalue weighted by atomic mass is 19.1. The van der Waals surface area contributed by atoms with E-state index in [9.17, 15) is 8.78 Å². The molecule has 0 aliphatic rings. The molecule has 2 rings (SSSR count). The van der Waals surface area contributed by atoms with Crippen molar-refractivity contribution in [1.82, 2.24) is 5.32 Å². The SMILES string of the molecule is CNC(c1ccc(N(C)C)cc1)c1cc(F)ccc1F. The first kappa shape index (κ1) is 14.5. The molecule has 0 heterocycles. The lowest BCUT2D eigenvalue weighted by Crippen LogP contribution is -2.19. The number of hydrogen-bond acceptors (Lipinski definition) is 2. The Labute approximate surface area is 118 Å². The minimum Gasteiger partial charge on any atom is -0.378 e. The van der Waals surface area contributed by atoms with Crippen LogP contribution in [0.4, 0.5) is 14.5 Å². The maximum atomic E-state index is 13.9. The lowest BCUT2D eigenvalue weighted by molar-refractivity contribution is 0.558. The van der Waals surface area contributed by atoms with Crippen LogP contribution in [0, 0.1) is 11.6 Å². The average molecular weight is 276 g/mol. The van der Waals surface area contributed by atoms with Crippen LogP contribution in [0.5, 0.6) is 0 Å². The summed E-state index contributed by atoms with van der Waals surface area (Å²) >= 11 is 0. The molecule has 1 atom stereocenters. The summed E-state index contributed by atoms with van der Waals surface area (Å²) in [6.07, 6.45) is 0. The van der Waals surface area contributed by atoms with Crippen LogP contribution in [0.1, 0.15) is 17.2 Å². The molecule has 0 aromatic heterocycles. The molecule has 106 valence electrons. The molecular formula is C16H18F2N2. The van der Waals surface area contributed by atoms with Gasteiger partial charge in [0.1, 0.15) is 11.6 Å². The first-order valence-corrected chi connectivity index (χ1v) is 6.42. The number of benzene rings is 2. The molecule has 2 nitrogen and oxygen atoms in total. The maximum absolute atomic E-state index is 13.9. The Kier molecular flexibility index (Phi) is 4.35. The quantitative estimate of drug-likeness (QED) is 0.921. The molecule has 0 bridgehead atoms. The van der Waals surface area contributed by atoms with Gasteiger partial charge in [0.25, 0.3) is 0 Å². The van der Waals surface area contributed by atoms with E-state index in [-0.39, 0.29) is 6.04 Å². The van der Waals surface area contributed by atoms with E-state index >= 15 is 0 Å². The van der Waals surface area contributed by atoms with E-state index in [1.807, 2.05) is 43.3 Å². The van der Waals surface area contributed by atoms with Crippen molar-refractivity contribution in [2.45, 2.75) is 6.04 Å². The fourth-order valence-corrected chi connectivity index (χ4v) is 2.20. The summed E-state index contributed by atoms with van der Waals surface area (Å²) < 4.78 is 27.2. The highest BCUT2D eigenvalue weighted by Crippen LogP contribution is 2.26. The van der Waals surface area contributed by atoms with Crippen LogP contribution in [-0.4, -0.2) is 21.1 Å². The van der Waals surface area contributed by atoms with Crippen LogP contribution in [0.2, 0.25) is 0 Å². The Morgan fingerprint density at radius 3 is 2.20 bits per heavy atom. The molecule has 0 amide bonds. The highest BCUT2D eigenvalue weighted by molar-refractivity contribution is 5.47. The third kappa shape index (κ3) is 2.96. The third-order valence-electron chi connectivity index (χ3n) is 3.30. The molecule has 20 heavy (non-hydrogen) atoms. The zero-order valence-corrected chi connectivity index (χ0v) is 11.8. The molecule has 2 aromatic rings. The van der Waals surface area contributed by atoms with Gasteiger partial charge in [-0.15, -0.1) is 0 Å². The van der Waals surface area contributed by atoms with Crippen LogP contribution in [-0.2, 0) is 0 Å². The summed E-state index contributed by atoms with van der Waals surface area (Å²) in [5.41, 5.74) is 2.26. The second kappa shape index (κ2) is 6.01. The minimum absolute atomic E-state index is 0.310. The van der Waals surface area contributed by atoms with Gasteiger partial charge in [-0.2, -0.15) is 0 Å². The Morgan fingerprint density at radius 2 is 1.65 bits per heavy atom. The van der Waals surface area contributed by atoms with Gasteiger partial charge in [0.15, 0.2) is 0 Å². The van der Waals surface area contributed by atoms with Gasteiger partial charge in [-0.05, 0) is 42.9 Å². The number of halogens is 2. The summed E-state index contributed by atoms with van der Waals surface area (Å²) in [4.78, 5) is 1.99. The van der Waals surface area contributed by atoms with Crippen molar-refractivity contribution in [2.75, 3.05) is 26.0 Å². The molecule has 0 radical (unpaired) electrons. The van der Waals surface area contributed by atoms with E-state index in [1.165, 1.54) is 6.07 Å². The predicted octanol–water partition coefficient (Wildman–Crippen LogP) is 3.34. The second-order valence-corrected chi connectivity index (χ2v) is 4.87. The number of nitrogens with one attached hydrogen (secondary N) is 1. The summed E-state index contributed by atoms with van der Waals surface area (Å²) in [7, 11) is 5.64. The number of rotatable bonds is 4. The third-order valence-corrected chi connectivity index (χ3v) is 3.30. The van der Waals surface area contributed by atoms with Crippen LogP contribution in [0.3, 0.4) is 0 Å². The lowest BCUT2D eigenvalue weighted by Gasteiger charge is -2.19. The minimum atomic E-state index is -0.438. The van der Waals surface area contributed by atoms with Crippen molar-refractivity contribution >= 4 is 5.69 Å². The molecule has 4 heteroatoms. The van der Waals surface area contributed by atoms with Crippen molar-refractivity contribution in [3.05, 3.63) is 65.2 Å². The van der Waals surface area contributed by atoms with Crippen molar-refractivity contribution in [3.8, 4) is 0 Å². The molecule has 1 N–H and O–H groups in total. The van der Waals surface area contributed by atoms with Gasteiger partial charge in [0, 0.05) is 25.3 Å². The van der Waals surface area contributed by atoms with Gasteiger partial charge < -0.3 is 10.2 Å². The Bertz CT molecular complexity index is 580. The van der Waals surface area contributed by atoms with Gasteiger partial charge in [-0.25, -0.2) is 8.78 Å². The van der Waals surface area contributed by atoms with E-state index in [2.05, 4.69) is 5.32 Å². The fraction of sp³-hybridized carbons (Fsp3) is 0.250. The van der Waals surface area contributed by atoms with Crippen LogP contribution < -0.4 is 10.2 Å². The van der Waals surface area contributed by atoms with E-state index in [4.69, 9.17) is 0 Å². The van der Waals surface area contributed by atoms with E-state index in [0.29, 0.717) is 5.56 Å². The van der Waals surface area contributed by atoms with Crippen LogP contribution in [0.25, 0.3) is 0 Å². The largest absolute Gasteiger partial charge is 0.378 e. The molecule has 0 saturated carbocycles. The fourth-order valence-electron chi connectivity index (χ4n) is 2.20. The van der Waals surface area contributed by atoms with Crippen LogP contribution >= 0.6 is 0 Å². The van der Waals surface area contributed by atoms with Gasteiger partial charge in [0.05, 0.1) is 6.04 Å². The normalized spacial score (nSPS) is 12.2. The van der Waals surface area contributed by atoms with E-state index in [1.54, 1.807) is 7.05 Å². The zero-order valence-electron chi connectivity index (χ0n) is 11.8. The molecular weight excluding hydrogens is 258 g/mol. The standard InChI is InChI=1S/C16H18F2N2/c1-19-16(14-10-12(17)6-9-15(14)18)11-4-7-13(8-5-11)20(2)3/h4-10,16,19H,1-3H3. The van der Waals surface area contributed by atoms with Crippen molar-refractivity contribution in [2.24, 2.45) is 0 Å². The molecule has 0 saturated heterocycles. The molecule has 0 fully saturated rings.